The van der Waals surface area contributed by atoms with Crippen LogP contribution in [0.1, 0.15) is 32.1 Å². The Morgan fingerprint density at radius 3 is 2.88 bits per heavy atom. The summed E-state index contributed by atoms with van der Waals surface area (Å²) in [6.07, 6.45) is 9.51. The van der Waals surface area contributed by atoms with E-state index in [1.165, 1.54) is 6.42 Å². The molecule has 1 aromatic heterocycles. The molecule has 3 heterocycles. The van der Waals surface area contributed by atoms with Crippen LogP contribution in [0.2, 0.25) is 0 Å². The number of amides is 1. The van der Waals surface area contributed by atoms with Crippen LogP contribution in [0.15, 0.2) is 18.5 Å². The van der Waals surface area contributed by atoms with Gasteiger partial charge in [0.2, 0.25) is 5.91 Å². The predicted molar refractivity (Wildman–Crippen MR) is 94.8 cm³/mol. The van der Waals surface area contributed by atoms with E-state index in [9.17, 15) is 4.79 Å². The molecule has 6 nitrogen and oxygen atoms in total. The first-order valence-electron chi connectivity index (χ1n) is 9.40. The van der Waals surface area contributed by atoms with Gasteiger partial charge in [-0.1, -0.05) is 0 Å². The molecule has 2 aliphatic heterocycles. The van der Waals surface area contributed by atoms with E-state index in [4.69, 9.17) is 0 Å². The van der Waals surface area contributed by atoms with Gasteiger partial charge in [-0.3, -0.25) is 14.4 Å². The third kappa shape index (κ3) is 4.80. The summed E-state index contributed by atoms with van der Waals surface area (Å²) < 4.78 is 1.97. The molecule has 0 aromatic carbocycles. The van der Waals surface area contributed by atoms with E-state index in [2.05, 4.69) is 26.8 Å². The molecule has 0 saturated carbocycles. The van der Waals surface area contributed by atoms with Crippen molar-refractivity contribution in [3.63, 3.8) is 0 Å². The van der Waals surface area contributed by atoms with Crippen molar-refractivity contribution >= 4 is 5.91 Å². The Morgan fingerprint density at radius 2 is 2.04 bits per heavy atom. The molecule has 6 heteroatoms. The van der Waals surface area contributed by atoms with Crippen molar-refractivity contribution in [1.82, 2.24) is 24.5 Å². The molecule has 1 amide bonds. The summed E-state index contributed by atoms with van der Waals surface area (Å²) in [5.41, 5.74) is 0. The lowest BCUT2D eigenvalue weighted by Crippen LogP contribution is -2.48. The van der Waals surface area contributed by atoms with E-state index < -0.39 is 0 Å². The fourth-order valence-corrected chi connectivity index (χ4v) is 3.88. The minimum atomic E-state index is 0.324. The molecule has 0 radical (unpaired) electrons. The molecule has 2 aliphatic rings. The van der Waals surface area contributed by atoms with Crippen LogP contribution in [0, 0.1) is 0 Å². The van der Waals surface area contributed by atoms with Crippen LogP contribution in [0.5, 0.6) is 0 Å². The van der Waals surface area contributed by atoms with Gasteiger partial charge in [-0.15, -0.1) is 0 Å². The lowest BCUT2D eigenvalue weighted by Gasteiger charge is -2.37. The molecule has 2 saturated heterocycles. The smallest absolute Gasteiger partial charge is 0.236 e. The zero-order chi connectivity index (χ0) is 16.8. The maximum atomic E-state index is 12.9. The zero-order valence-electron chi connectivity index (χ0n) is 14.9. The number of carbonyl (C=O) groups is 1. The van der Waals surface area contributed by atoms with Gasteiger partial charge >= 0.3 is 0 Å². The first-order chi connectivity index (χ1) is 11.7. The highest BCUT2D eigenvalue weighted by Gasteiger charge is 2.27. The highest BCUT2D eigenvalue weighted by molar-refractivity contribution is 5.78. The molecular weight excluding hydrogens is 302 g/mol. The quantitative estimate of drug-likeness (QED) is 0.815. The molecule has 1 atom stereocenters. The summed E-state index contributed by atoms with van der Waals surface area (Å²) >= 11 is 0. The van der Waals surface area contributed by atoms with Crippen LogP contribution in [-0.2, 0) is 11.3 Å². The van der Waals surface area contributed by atoms with Crippen molar-refractivity contribution in [3.05, 3.63) is 18.5 Å². The van der Waals surface area contributed by atoms with Crippen LogP contribution in [0.3, 0.4) is 0 Å². The van der Waals surface area contributed by atoms with Crippen LogP contribution in [0.4, 0.5) is 0 Å². The maximum Gasteiger partial charge on any atom is 0.236 e. The van der Waals surface area contributed by atoms with Crippen molar-refractivity contribution in [2.45, 2.75) is 44.7 Å². The van der Waals surface area contributed by atoms with Gasteiger partial charge in [0.25, 0.3) is 0 Å². The maximum absolute atomic E-state index is 12.9. The molecule has 3 rings (SSSR count). The number of nitrogens with zero attached hydrogens (tertiary/aromatic N) is 5. The minimum Gasteiger partial charge on any atom is -0.339 e. The van der Waals surface area contributed by atoms with Gasteiger partial charge in [0.15, 0.2) is 0 Å². The van der Waals surface area contributed by atoms with Crippen molar-refractivity contribution in [2.75, 3.05) is 46.3 Å². The summed E-state index contributed by atoms with van der Waals surface area (Å²) in [4.78, 5) is 19.7. The largest absolute Gasteiger partial charge is 0.339 e. The number of likely N-dealkylation sites (tertiary alicyclic amines) is 1. The molecule has 1 aromatic rings. The van der Waals surface area contributed by atoms with Gasteiger partial charge in [0.1, 0.15) is 0 Å². The monoisotopic (exact) mass is 333 g/mol. The number of aryl methyl sites for hydroxylation is 1. The molecule has 0 aliphatic carbocycles. The molecule has 0 unspecified atom stereocenters. The van der Waals surface area contributed by atoms with E-state index in [-0.39, 0.29) is 0 Å². The first-order valence-corrected chi connectivity index (χ1v) is 9.40. The fraction of sp³-hybridized carbons (Fsp3) is 0.778. The average molecular weight is 333 g/mol. The lowest BCUT2D eigenvalue weighted by molar-refractivity contribution is -0.136. The topological polar surface area (TPSA) is 44.6 Å². The van der Waals surface area contributed by atoms with E-state index in [0.29, 0.717) is 18.5 Å². The standard InChI is InChI=1S/C18H31N5O/c1-20-9-5-10-21(15-14-20)16-18(24)23-12-3-2-6-17(23)7-13-22-11-4-8-19-22/h4,8,11,17H,2-3,5-7,9-10,12-16H2,1H3/t17-/m1/s1. The Morgan fingerprint density at radius 1 is 1.12 bits per heavy atom. The summed E-state index contributed by atoms with van der Waals surface area (Å²) in [7, 11) is 2.17. The van der Waals surface area contributed by atoms with Gasteiger partial charge < -0.3 is 9.80 Å². The number of piperidine rings is 1. The third-order valence-electron chi connectivity index (χ3n) is 5.37. The van der Waals surface area contributed by atoms with Gasteiger partial charge in [-0.2, -0.15) is 5.10 Å². The van der Waals surface area contributed by atoms with Gasteiger partial charge in [0, 0.05) is 44.6 Å². The van der Waals surface area contributed by atoms with E-state index in [1.807, 2.05) is 23.1 Å². The number of carbonyl (C=O) groups excluding carboxylic acids is 1. The Labute approximate surface area is 145 Å². The Kier molecular flexibility index (Phi) is 6.26. The van der Waals surface area contributed by atoms with E-state index in [1.54, 1.807) is 0 Å². The van der Waals surface area contributed by atoms with Gasteiger partial charge in [-0.05, 0) is 58.3 Å². The Balaban J connectivity index is 1.52. The van der Waals surface area contributed by atoms with E-state index >= 15 is 0 Å². The highest BCUT2D eigenvalue weighted by atomic mass is 16.2. The van der Waals surface area contributed by atoms with Crippen LogP contribution in [-0.4, -0.2) is 82.7 Å². The molecular formula is C18H31N5O. The number of hydrogen-bond donors (Lipinski definition) is 0. The van der Waals surface area contributed by atoms with Crippen molar-refractivity contribution in [3.8, 4) is 0 Å². The first kappa shape index (κ1) is 17.4. The summed E-state index contributed by atoms with van der Waals surface area (Å²) in [6.45, 7) is 6.67. The molecule has 24 heavy (non-hydrogen) atoms. The lowest BCUT2D eigenvalue weighted by atomic mass is 9.99. The fourth-order valence-electron chi connectivity index (χ4n) is 3.88. The summed E-state index contributed by atoms with van der Waals surface area (Å²) in [5, 5.41) is 4.28. The number of hydrogen-bond acceptors (Lipinski definition) is 4. The number of aromatic nitrogens is 2. The molecule has 0 N–H and O–H groups in total. The van der Waals surface area contributed by atoms with Crippen molar-refractivity contribution < 1.29 is 4.79 Å². The summed E-state index contributed by atoms with van der Waals surface area (Å²) in [6, 6.07) is 2.34. The van der Waals surface area contributed by atoms with E-state index in [0.717, 1.165) is 65.0 Å². The molecule has 0 bridgehead atoms. The third-order valence-corrected chi connectivity index (χ3v) is 5.37. The Hall–Kier alpha value is -1.40. The predicted octanol–water partition coefficient (Wildman–Crippen LogP) is 1.29. The van der Waals surface area contributed by atoms with Gasteiger partial charge in [-0.25, -0.2) is 0 Å². The molecule has 0 spiro atoms. The second kappa shape index (κ2) is 8.62. The Bertz CT molecular complexity index is 504. The second-order valence-corrected chi connectivity index (χ2v) is 7.23. The summed E-state index contributed by atoms with van der Waals surface area (Å²) in [5.74, 6) is 0.324. The number of rotatable bonds is 5. The van der Waals surface area contributed by atoms with Crippen LogP contribution in [0.25, 0.3) is 0 Å². The number of likely N-dealkylation sites (N-methyl/N-ethyl adjacent to an activating group) is 1. The second-order valence-electron chi connectivity index (χ2n) is 7.23. The minimum absolute atomic E-state index is 0.324. The molecule has 2 fully saturated rings. The van der Waals surface area contributed by atoms with Crippen LogP contribution >= 0.6 is 0 Å². The molecule has 134 valence electrons. The average Bonchev–Trinajstić information content (AvgIpc) is 3.03. The zero-order valence-corrected chi connectivity index (χ0v) is 14.9. The SMILES string of the molecule is CN1CCCN(CC(=O)N2CCCC[C@@H]2CCn2cccn2)CC1. The van der Waals surface area contributed by atoms with Crippen molar-refractivity contribution in [2.24, 2.45) is 0 Å². The highest BCUT2D eigenvalue weighted by Crippen LogP contribution is 2.21. The normalized spacial score (nSPS) is 24.0. The van der Waals surface area contributed by atoms with Crippen molar-refractivity contribution in [1.29, 1.82) is 0 Å². The van der Waals surface area contributed by atoms with Crippen LogP contribution < -0.4 is 0 Å². The van der Waals surface area contributed by atoms with Gasteiger partial charge in [0.05, 0.1) is 6.54 Å².